The van der Waals surface area contributed by atoms with E-state index < -0.39 is 5.97 Å². The van der Waals surface area contributed by atoms with Gasteiger partial charge >= 0.3 is 5.97 Å². The summed E-state index contributed by atoms with van der Waals surface area (Å²) in [5.74, 6) is -1.15. The monoisotopic (exact) mass is 376 g/mol. The largest absolute Gasteiger partial charge is 0.481 e. The van der Waals surface area contributed by atoms with Crippen molar-refractivity contribution in [3.63, 3.8) is 0 Å². The Balaban J connectivity index is 1.76. The summed E-state index contributed by atoms with van der Waals surface area (Å²) in [6.45, 7) is 4.40. The van der Waals surface area contributed by atoms with Crippen molar-refractivity contribution in [2.45, 2.75) is 26.2 Å². The van der Waals surface area contributed by atoms with Gasteiger partial charge in [0.15, 0.2) is 0 Å². The molecule has 0 bridgehead atoms. The Morgan fingerprint density at radius 1 is 1.36 bits per heavy atom. The Morgan fingerprint density at radius 3 is 2.72 bits per heavy atom. The van der Waals surface area contributed by atoms with Gasteiger partial charge in [0.25, 0.3) is 5.91 Å². The van der Waals surface area contributed by atoms with Crippen molar-refractivity contribution in [2.75, 3.05) is 24.5 Å². The first-order valence-electron chi connectivity index (χ1n) is 8.28. The zero-order chi connectivity index (χ0) is 18.0. The summed E-state index contributed by atoms with van der Waals surface area (Å²) >= 11 is 6.44. The number of amides is 1. The van der Waals surface area contributed by atoms with Crippen LogP contribution in [-0.2, 0) is 9.59 Å². The number of aryl methyl sites for hydroxylation is 1. The molecule has 2 aliphatic heterocycles. The highest BCUT2D eigenvalue weighted by molar-refractivity contribution is 8.26. The Kier molecular flexibility index (Phi) is 5.44. The number of anilines is 1. The molecule has 0 unspecified atom stereocenters. The quantitative estimate of drug-likeness (QED) is 0.629. The van der Waals surface area contributed by atoms with Gasteiger partial charge in [0.05, 0.1) is 11.3 Å². The highest BCUT2D eigenvalue weighted by Gasteiger charge is 2.32. The van der Waals surface area contributed by atoms with Gasteiger partial charge in [-0.05, 0) is 49.1 Å². The smallest absolute Gasteiger partial charge is 0.305 e. The minimum absolute atomic E-state index is 0.108. The van der Waals surface area contributed by atoms with E-state index >= 15 is 0 Å². The van der Waals surface area contributed by atoms with E-state index in [-0.39, 0.29) is 18.9 Å². The first-order chi connectivity index (χ1) is 12.0. The number of hydrogen-bond acceptors (Lipinski definition) is 5. The molecule has 0 aliphatic carbocycles. The van der Waals surface area contributed by atoms with Crippen LogP contribution in [0.1, 0.15) is 30.4 Å². The topological polar surface area (TPSA) is 60.9 Å². The van der Waals surface area contributed by atoms with E-state index in [9.17, 15) is 9.59 Å². The zero-order valence-corrected chi connectivity index (χ0v) is 15.7. The molecule has 3 rings (SSSR count). The molecule has 5 nitrogen and oxygen atoms in total. The zero-order valence-electron chi connectivity index (χ0n) is 14.0. The third-order valence-corrected chi connectivity index (χ3v) is 5.77. The summed E-state index contributed by atoms with van der Waals surface area (Å²) in [4.78, 5) is 27.5. The highest BCUT2D eigenvalue weighted by atomic mass is 32.2. The maximum Gasteiger partial charge on any atom is 0.305 e. The van der Waals surface area contributed by atoms with Gasteiger partial charge in [-0.2, -0.15) is 0 Å². The number of carbonyl (C=O) groups is 2. The minimum Gasteiger partial charge on any atom is -0.481 e. The van der Waals surface area contributed by atoms with Crippen molar-refractivity contribution in [2.24, 2.45) is 0 Å². The van der Waals surface area contributed by atoms with E-state index in [0.717, 1.165) is 18.7 Å². The Bertz CT molecular complexity index is 755. The fourth-order valence-corrected chi connectivity index (χ4v) is 4.44. The summed E-state index contributed by atoms with van der Waals surface area (Å²) in [5.41, 5.74) is 3.40. The Labute approximate surface area is 156 Å². The fraction of sp³-hybridized carbons (Fsp3) is 0.389. The van der Waals surface area contributed by atoms with E-state index in [0.29, 0.717) is 9.23 Å². The van der Waals surface area contributed by atoms with E-state index in [2.05, 4.69) is 24.0 Å². The molecule has 7 heteroatoms. The number of thioether (sulfide) groups is 1. The average molecular weight is 377 g/mol. The van der Waals surface area contributed by atoms with Gasteiger partial charge in [-0.15, -0.1) is 0 Å². The number of aliphatic carboxylic acids is 1. The van der Waals surface area contributed by atoms with Crippen molar-refractivity contribution in [3.8, 4) is 0 Å². The first-order valence-corrected chi connectivity index (χ1v) is 9.51. The van der Waals surface area contributed by atoms with Gasteiger partial charge < -0.3 is 10.0 Å². The van der Waals surface area contributed by atoms with Crippen LogP contribution < -0.4 is 4.90 Å². The number of carbonyl (C=O) groups excluding carboxylic acids is 1. The van der Waals surface area contributed by atoms with Crippen molar-refractivity contribution in [1.82, 2.24) is 4.90 Å². The van der Waals surface area contributed by atoms with Crippen LogP contribution in [0, 0.1) is 6.92 Å². The molecular formula is C18H20N2O3S2. The third kappa shape index (κ3) is 4.04. The van der Waals surface area contributed by atoms with Gasteiger partial charge in [-0.1, -0.05) is 30.0 Å². The predicted molar refractivity (Wildman–Crippen MR) is 105 cm³/mol. The molecule has 1 aromatic carbocycles. The van der Waals surface area contributed by atoms with Crippen LogP contribution in [0.3, 0.4) is 0 Å². The molecule has 2 saturated heterocycles. The van der Waals surface area contributed by atoms with Crippen molar-refractivity contribution >= 4 is 51.9 Å². The van der Waals surface area contributed by atoms with E-state index in [1.807, 2.05) is 12.1 Å². The van der Waals surface area contributed by atoms with Crippen molar-refractivity contribution in [3.05, 3.63) is 34.2 Å². The third-order valence-electron chi connectivity index (χ3n) is 4.39. The maximum atomic E-state index is 12.4. The lowest BCUT2D eigenvalue weighted by Gasteiger charge is -2.20. The number of rotatable bonds is 5. The molecule has 0 aromatic heterocycles. The molecular weight excluding hydrogens is 356 g/mol. The molecule has 0 saturated carbocycles. The van der Waals surface area contributed by atoms with Gasteiger partial charge in [-0.3, -0.25) is 14.5 Å². The summed E-state index contributed by atoms with van der Waals surface area (Å²) in [6, 6.07) is 6.21. The molecule has 2 aliphatic rings. The SMILES string of the molecule is Cc1cc(/C=C2/SC(=S)N(CCC(=O)O)C2=O)ccc1N1CCCC1. The Morgan fingerprint density at radius 2 is 2.08 bits per heavy atom. The molecule has 1 amide bonds. The van der Waals surface area contributed by atoms with Gasteiger partial charge in [0.1, 0.15) is 4.32 Å². The van der Waals surface area contributed by atoms with E-state index in [4.69, 9.17) is 17.3 Å². The Hall–Kier alpha value is -1.86. The van der Waals surface area contributed by atoms with Crippen molar-refractivity contribution in [1.29, 1.82) is 0 Å². The second kappa shape index (κ2) is 7.58. The normalized spacial score (nSPS) is 19.3. The van der Waals surface area contributed by atoms with Crippen LogP contribution in [0.25, 0.3) is 6.08 Å². The van der Waals surface area contributed by atoms with Crippen LogP contribution >= 0.6 is 24.0 Å². The molecule has 0 radical (unpaired) electrons. The number of carboxylic acid groups (broad SMARTS) is 1. The van der Waals surface area contributed by atoms with Crippen LogP contribution in [0.4, 0.5) is 5.69 Å². The average Bonchev–Trinajstić information content (AvgIpc) is 3.16. The lowest BCUT2D eigenvalue weighted by molar-refractivity contribution is -0.137. The molecule has 0 spiro atoms. The van der Waals surface area contributed by atoms with Crippen molar-refractivity contribution < 1.29 is 14.7 Å². The molecule has 25 heavy (non-hydrogen) atoms. The molecule has 1 N–H and O–H groups in total. The standard InChI is InChI=1S/C18H20N2O3S2/c1-12-10-13(4-5-14(12)19-7-2-3-8-19)11-15-17(23)20(18(24)25-15)9-6-16(21)22/h4-5,10-11H,2-3,6-9H2,1H3,(H,21,22)/b15-11+. The molecule has 2 fully saturated rings. The summed E-state index contributed by atoms with van der Waals surface area (Å²) in [5, 5.41) is 8.79. The minimum atomic E-state index is -0.939. The summed E-state index contributed by atoms with van der Waals surface area (Å²) in [7, 11) is 0. The summed E-state index contributed by atoms with van der Waals surface area (Å²) in [6.07, 6.45) is 4.20. The van der Waals surface area contributed by atoms with Gasteiger partial charge in [-0.25, -0.2) is 0 Å². The summed E-state index contributed by atoms with van der Waals surface area (Å²) < 4.78 is 0.419. The van der Waals surface area contributed by atoms with Crippen LogP contribution in [0.2, 0.25) is 0 Å². The lowest BCUT2D eigenvalue weighted by atomic mass is 10.1. The molecule has 1 aromatic rings. The maximum absolute atomic E-state index is 12.4. The van der Waals surface area contributed by atoms with Gasteiger partial charge in [0.2, 0.25) is 0 Å². The first kappa shape index (κ1) is 17.9. The van der Waals surface area contributed by atoms with Crippen LogP contribution in [-0.4, -0.2) is 45.8 Å². The molecule has 2 heterocycles. The number of nitrogens with zero attached hydrogens (tertiary/aromatic N) is 2. The second-order valence-corrected chi connectivity index (χ2v) is 7.89. The number of benzene rings is 1. The number of carboxylic acids is 1. The highest BCUT2D eigenvalue weighted by Crippen LogP contribution is 2.33. The predicted octanol–water partition coefficient (Wildman–Crippen LogP) is 3.27. The number of thiocarbonyl (C=S) groups is 1. The molecule has 0 atom stereocenters. The van der Waals surface area contributed by atoms with E-state index in [1.165, 1.54) is 40.8 Å². The number of hydrogen-bond donors (Lipinski definition) is 1. The molecule has 132 valence electrons. The fourth-order valence-electron chi connectivity index (χ4n) is 3.13. The van der Waals surface area contributed by atoms with Gasteiger partial charge in [0, 0.05) is 25.3 Å². The lowest BCUT2D eigenvalue weighted by Crippen LogP contribution is -2.30. The van der Waals surface area contributed by atoms with Crippen LogP contribution in [0.5, 0.6) is 0 Å². The van der Waals surface area contributed by atoms with E-state index in [1.54, 1.807) is 0 Å². The second-order valence-electron chi connectivity index (χ2n) is 6.22. The van der Waals surface area contributed by atoms with Crippen LogP contribution in [0.15, 0.2) is 23.1 Å².